The van der Waals surface area contributed by atoms with Gasteiger partial charge in [0, 0.05) is 12.5 Å². The predicted molar refractivity (Wildman–Crippen MR) is 45.1 cm³/mol. The fourth-order valence-corrected chi connectivity index (χ4v) is 1.56. The van der Waals surface area contributed by atoms with E-state index in [-0.39, 0.29) is 11.3 Å². The number of rotatable bonds is 3. The van der Waals surface area contributed by atoms with E-state index < -0.39 is 0 Å². The van der Waals surface area contributed by atoms with Crippen LogP contribution >= 0.6 is 0 Å². The first-order valence-electron chi connectivity index (χ1n) is 3.98. The maximum Gasteiger partial charge on any atom is 0.225 e. The first-order chi connectivity index (χ1) is 5.15. The Labute approximate surface area is 67.7 Å². The summed E-state index contributed by atoms with van der Waals surface area (Å²) in [7, 11) is 1.69. The molecule has 0 aromatic heterocycles. The number of carbonyl (C=O) groups excluding carboxylic acids is 1. The smallest absolute Gasteiger partial charge is 0.225 e. The number of hydrogen-bond donors (Lipinski definition) is 1. The van der Waals surface area contributed by atoms with Gasteiger partial charge in [0.1, 0.15) is 0 Å². The Kier molecular flexibility index (Phi) is 2.03. The Hall–Kier alpha value is -0.790. The van der Waals surface area contributed by atoms with Crippen LogP contribution in [0.5, 0.6) is 0 Å². The van der Waals surface area contributed by atoms with Crippen LogP contribution in [0.1, 0.15) is 19.8 Å². The maximum absolute atomic E-state index is 11.2. The van der Waals surface area contributed by atoms with E-state index in [9.17, 15) is 4.79 Å². The van der Waals surface area contributed by atoms with Crippen molar-refractivity contribution in [2.75, 3.05) is 7.05 Å². The molecule has 1 amide bonds. The highest BCUT2D eigenvalue weighted by atomic mass is 16.2. The third kappa shape index (κ3) is 1.30. The molecule has 0 radical (unpaired) electrons. The van der Waals surface area contributed by atoms with Gasteiger partial charge in [0.2, 0.25) is 5.91 Å². The van der Waals surface area contributed by atoms with E-state index in [1.165, 1.54) is 0 Å². The molecule has 1 fully saturated rings. The van der Waals surface area contributed by atoms with Gasteiger partial charge in [0.05, 0.1) is 0 Å². The van der Waals surface area contributed by atoms with E-state index in [1.807, 2.05) is 13.0 Å². The molecular weight excluding hydrogens is 138 g/mol. The van der Waals surface area contributed by atoms with Crippen molar-refractivity contribution in [2.45, 2.75) is 19.8 Å². The fraction of sp³-hybridized carbons (Fsp3) is 0.667. The van der Waals surface area contributed by atoms with Crippen LogP contribution in [-0.4, -0.2) is 13.0 Å². The van der Waals surface area contributed by atoms with E-state index in [1.54, 1.807) is 7.05 Å². The summed E-state index contributed by atoms with van der Waals surface area (Å²) in [6.45, 7) is 5.67. The molecule has 62 valence electrons. The highest BCUT2D eigenvalue weighted by Gasteiger charge is 2.54. The zero-order chi connectivity index (χ0) is 8.48. The summed E-state index contributed by atoms with van der Waals surface area (Å²) in [5.74, 6) is 0.698. The normalized spacial score (nSPS) is 34.5. The summed E-state index contributed by atoms with van der Waals surface area (Å²) in [5.41, 5.74) is -0.0943. The summed E-state index contributed by atoms with van der Waals surface area (Å²) in [6, 6.07) is 0. The zero-order valence-electron chi connectivity index (χ0n) is 7.18. The van der Waals surface area contributed by atoms with Crippen LogP contribution in [0, 0.1) is 11.3 Å². The molecule has 2 nitrogen and oxygen atoms in total. The van der Waals surface area contributed by atoms with Gasteiger partial charge in [0.25, 0.3) is 0 Å². The Morgan fingerprint density at radius 1 is 1.91 bits per heavy atom. The van der Waals surface area contributed by atoms with Crippen LogP contribution in [0.25, 0.3) is 0 Å². The minimum Gasteiger partial charge on any atom is -0.359 e. The van der Waals surface area contributed by atoms with Gasteiger partial charge in [-0.25, -0.2) is 0 Å². The second-order valence-corrected chi connectivity index (χ2v) is 3.42. The van der Waals surface area contributed by atoms with Crippen LogP contribution in [-0.2, 0) is 4.79 Å². The van der Waals surface area contributed by atoms with Crippen LogP contribution in [0.15, 0.2) is 12.7 Å². The summed E-state index contributed by atoms with van der Waals surface area (Å²) >= 11 is 0. The molecule has 0 saturated heterocycles. The molecular formula is C9H15NO. The topological polar surface area (TPSA) is 29.1 Å². The van der Waals surface area contributed by atoms with Crippen molar-refractivity contribution in [1.29, 1.82) is 0 Å². The average molecular weight is 153 g/mol. The van der Waals surface area contributed by atoms with Gasteiger partial charge >= 0.3 is 0 Å². The van der Waals surface area contributed by atoms with Gasteiger partial charge < -0.3 is 5.32 Å². The Morgan fingerprint density at radius 2 is 2.55 bits per heavy atom. The van der Waals surface area contributed by atoms with Gasteiger partial charge in [0.15, 0.2) is 0 Å². The average Bonchev–Trinajstić information content (AvgIpc) is 2.63. The molecule has 2 heteroatoms. The van der Waals surface area contributed by atoms with Gasteiger partial charge in [-0.2, -0.15) is 0 Å². The number of hydrogen-bond acceptors (Lipinski definition) is 1. The Bertz CT molecular complexity index is 188. The second kappa shape index (κ2) is 2.68. The van der Waals surface area contributed by atoms with Crippen LogP contribution in [0.3, 0.4) is 0 Å². The van der Waals surface area contributed by atoms with Crippen molar-refractivity contribution in [3.63, 3.8) is 0 Å². The van der Waals surface area contributed by atoms with Gasteiger partial charge in [-0.15, -0.1) is 6.58 Å². The summed E-state index contributed by atoms with van der Waals surface area (Å²) < 4.78 is 0. The summed E-state index contributed by atoms with van der Waals surface area (Å²) in [5, 5.41) is 2.68. The number of nitrogens with one attached hydrogen (secondary N) is 1. The van der Waals surface area contributed by atoms with Crippen molar-refractivity contribution in [3.05, 3.63) is 12.7 Å². The van der Waals surface area contributed by atoms with Crippen molar-refractivity contribution in [1.82, 2.24) is 5.32 Å². The second-order valence-electron chi connectivity index (χ2n) is 3.42. The molecule has 0 heterocycles. The Balaban J connectivity index is 2.48. The molecule has 2 atom stereocenters. The molecule has 0 aromatic carbocycles. The minimum atomic E-state index is -0.0943. The van der Waals surface area contributed by atoms with E-state index in [2.05, 4.69) is 11.9 Å². The molecule has 0 aliphatic heterocycles. The van der Waals surface area contributed by atoms with E-state index in [0.717, 1.165) is 12.8 Å². The largest absolute Gasteiger partial charge is 0.359 e. The molecule has 0 aromatic rings. The number of allylic oxidation sites excluding steroid dienone is 1. The minimum absolute atomic E-state index is 0.0943. The van der Waals surface area contributed by atoms with Crippen LogP contribution < -0.4 is 5.32 Å². The molecule has 1 aliphatic carbocycles. The lowest BCUT2D eigenvalue weighted by Gasteiger charge is -2.07. The molecule has 1 rings (SSSR count). The zero-order valence-corrected chi connectivity index (χ0v) is 7.18. The summed E-state index contributed by atoms with van der Waals surface area (Å²) in [4.78, 5) is 11.2. The molecule has 1 N–H and O–H groups in total. The standard InChI is InChI=1S/C9H15NO/c1-4-5-7-6-9(7,2)8(11)10-3/h4,7H,1,5-6H2,2-3H3,(H,10,11). The quantitative estimate of drug-likeness (QED) is 0.609. The predicted octanol–water partition coefficient (Wildman–Crippen LogP) is 1.33. The fourth-order valence-electron chi connectivity index (χ4n) is 1.56. The first kappa shape index (κ1) is 8.31. The molecule has 1 saturated carbocycles. The molecule has 1 aliphatic rings. The monoisotopic (exact) mass is 153 g/mol. The van der Waals surface area contributed by atoms with Crippen molar-refractivity contribution in [2.24, 2.45) is 11.3 Å². The lowest BCUT2D eigenvalue weighted by molar-refractivity contribution is -0.125. The van der Waals surface area contributed by atoms with E-state index in [0.29, 0.717) is 5.92 Å². The van der Waals surface area contributed by atoms with Gasteiger partial charge in [-0.3, -0.25) is 4.79 Å². The highest BCUT2D eigenvalue weighted by Crippen LogP contribution is 2.54. The van der Waals surface area contributed by atoms with E-state index in [4.69, 9.17) is 0 Å². The van der Waals surface area contributed by atoms with Gasteiger partial charge in [-0.1, -0.05) is 13.0 Å². The number of amides is 1. The highest BCUT2D eigenvalue weighted by molar-refractivity contribution is 5.85. The lowest BCUT2D eigenvalue weighted by Crippen LogP contribution is -2.27. The third-order valence-corrected chi connectivity index (χ3v) is 2.61. The Morgan fingerprint density at radius 3 is 3.00 bits per heavy atom. The molecule has 0 bridgehead atoms. The maximum atomic E-state index is 11.2. The van der Waals surface area contributed by atoms with Crippen LogP contribution in [0.2, 0.25) is 0 Å². The first-order valence-corrected chi connectivity index (χ1v) is 3.98. The molecule has 2 unspecified atom stereocenters. The van der Waals surface area contributed by atoms with Gasteiger partial charge in [-0.05, 0) is 18.8 Å². The van der Waals surface area contributed by atoms with Crippen molar-refractivity contribution in [3.8, 4) is 0 Å². The summed E-state index contributed by atoms with van der Waals surface area (Å²) in [6.07, 6.45) is 3.86. The van der Waals surface area contributed by atoms with Crippen molar-refractivity contribution >= 4 is 5.91 Å². The van der Waals surface area contributed by atoms with E-state index >= 15 is 0 Å². The SMILES string of the molecule is C=CCC1CC1(C)C(=O)NC. The van der Waals surface area contributed by atoms with Crippen LogP contribution in [0.4, 0.5) is 0 Å². The lowest BCUT2D eigenvalue weighted by atomic mass is 10.0. The third-order valence-electron chi connectivity index (χ3n) is 2.61. The molecule has 0 spiro atoms. The molecule has 11 heavy (non-hydrogen) atoms. The number of carbonyl (C=O) groups is 1. The van der Waals surface area contributed by atoms with Crippen molar-refractivity contribution < 1.29 is 4.79 Å².